The van der Waals surface area contributed by atoms with Crippen molar-refractivity contribution >= 4 is 34.9 Å². The van der Waals surface area contributed by atoms with E-state index in [9.17, 15) is 4.79 Å². The highest BCUT2D eigenvalue weighted by Gasteiger charge is 2.31. The minimum absolute atomic E-state index is 0. The van der Waals surface area contributed by atoms with E-state index in [1.807, 2.05) is 12.1 Å². The van der Waals surface area contributed by atoms with Gasteiger partial charge in [-0.2, -0.15) is 0 Å². The molecule has 0 spiro atoms. The number of carbonyl (C=O) groups excluding carboxylic acids is 1. The van der Waals surface area contributed by atoms with E-state index in [1.165, 1.54) is 5.56 Å². The van der Waals surface area contributed by atoms with Crippen molar-refractivity contribution in [1.82, 2.24) is 0 Å². The summed E-state index contributed by atoms with van der Waals surface area (Å²) in [6.07, 6.45) is 3.21. The van der Waals surface area contributed by atoms with Crippen LogP contribution in [0.5, 0.6) is 17.2 Å². The monoisotopic (exact) mass is 637 g/mol. The third-order valence-electron chi connectivity index (χ3n) is 6.75. The zero-order valence-electron chi connectivity index (χ0n) is 20.7. The Labute approximate surface area is 235 Å². The van der Waals surface area contributed by atoms with E-state index in [4.69, 9.17) is 43.1 Å². The predicted octanol–water partition coefficient (Wildman–Crippen LogP) is 2.01. The topological polar surface area (TPSA) is 74.0 Å². The zero-order chi connectivity index (χ0) is 24.9. The average Bonchev–Trinajstić information content (AvgIpc) is 2.82. The molecule has 194 valence electrons. The lowest BCUT2D eigenvalue weighted by molar-refractivity contribution is -0.913. The standard InChI is InChI=1S/C25H33Cl2N3O4.HI/c1-30(10-7-17(8-11-30)13-18-5-6-20(26)21(27)14-18)12-9-29(25(28)31)19-15-22(32-2)24(34-4)23(16-19)33-3;/h5-6,14-17H,7-13H2,1-4H3,(H-,28,31);1H. The molecule has 1 saturated heterocycles. The first-order valence-corrected chi connectivity index (χ1v) is 12.1. The molecular weight excluding hydrogens is 604 g/mol. The van der Waals surface area contributed by atoms with E-state index in [1.54, 1.807) is 38.4 Å². The molecule has 0 aliphatic carbocycles. The van der Waals surface area contributed by atoms with Crippen molar-refractivity contribution in [2.45, 2.75) is 19.3 Å². The van der Waals surface area contributed by atoms with E-state index >= 15 is 0 Å². The first kappa shape index (κ1) is 29.6. The number of nitrogens with two attached hydrogens (primary N) is 1. The van der Waals surface area contributed by atoms with Gasteiger partial charge in [0.2, 0.25) is 5.75 Å². The minimum Gasteiger partial charge on any atom is -1.00 e. The van der Waals surface area contributed by atoms with Crippen LogP contribution in [0.15, 0.2) is 30.3 Å². The van der Waals surface area contributed by atoms with Crippen molar-refractivity contribution in [3.8, 4) is 17.2 Å². The van der Waals surface area contributed by atoms with Crippen molar-refractivity contribution < 1.29 is 47.5 Å². The van der Waals surface area contributed by atoms with Gasteiger partial charge in [-0.3, -0.25) is 4.90 Å². The summed E-state index contributed by atoms with van der Waals surface area (Å²) in [4.78, 5) is 13.9. The SMILES string of the molecule is COc1cc(N(CC[N+]2(C)CCC(Cc3ccc(Cl)c(Cl)c3)CC2)C(N)=O)cc(OC)c1OC.[I-]. The molecule has 7 nitrogen and oxygen atoms in total. The number of likely N-dealkylation sites (N-methyl/N-ethyl adjacent to an activating group) is 1. The van der Waals surface area contributed by atoms with Crippen LogP contribution in [0.3, 0.4) is 0 Å². The normalized spacial score (nSPS) is 19.4. The highest BCUT2D eigenvalue weighted by atomic mass is 127. The molecule has 0 bridgehead atoms. The Morgan fingerprint density at radius 2 is 1.63 bits per heavy atom. The Morgan fingerprint density at radius 3 is 2.11 bits per heavy atom. The highest BCUT2D eigenvalue weighted by molar-refractivity contribution is 6.42. The van der Waals surface area contributed by atoms with Crippen LogP contribution in [0.1, 0.15) is 18.4 Å². The van der Waals surface area contributed by atoms with Gasteiger partial charge in [0.25, 0.3) is 0 Å². The summed E-state index contributed by atoms with van der Waals surface area (Å²) in [5.41, 5.74) is 7.59. The molecule has 0 atom stereocenters. The number of benzene rings is 2. The van der Waals surface area contributed by atoms with E-state index in [0.717, 1.165) is 43.4 Å². The number of likely N-dealkylation sites (tertiary alicyclic amines) is 1. The second kappa shape index (κ2) is 13.1. The first-order valence-electron chi connectivity index (χ1n) is 11.3. The summed E-state index contributed by atoms with van der Waals surface area (Å²) in [5, 5.41) is 1.19. The molecule has 0 unspecified atom stereocenters. The number of piperidine rings is 1. The van der Waals surface area contributed by atoms with Crippen LogP contribution in [0, 0.1) is 5.92 Å². The van der Waals surface area contributed by atoms with Crippen molar-refractivity contribution in [2.24, 2.45) is 11.7 Å². The van der Waals surface area contributed by atoms with Crippen molar-refractivity contribution in [3.63, 3.8) is 0 Å². The molecule has 2 aromatic rings. The predicted molar refractivity (Wildman–Crippen MR) is 137 cm³/mol. The number of urea groups is 1. The number of hydrogen-bond acceptors (Lipinski definition) is 4. The molecule has 1 aliphatic rings. The molecule has 1 fully saturated rings. The molecule has 0 radical (unpaired) electrons. The number of hydrogen-bond donors (Lipinski definition) is 1. The summed E-state index contributed by atoms with van der Waals surface area (Å²) < 4.78 is 17.1. The second-order valence-corrected chi connectivity index (χ2v) is 9.87. The van der Waals surface area contributed by atoms with E-state index in [0.29, 0.717) is 45.4 Å². The molecule has 2 aromatic carbocycles. The molecule has 1 aliphatic heterocycles. The molecular formula is C25H34Cl2IN3O4. The fourth-order valence-corrected chi connectivity index (χ4v) is 4.92. The number of methoxy groups -OCH3 is 3. The average molecular weight is 638 g/mol. The highest BCUT2D eigenvalue weighted by Crippen LogP contribution is 2.41. The van der Waals surface area contributed by atoms with Gasteiger partial charge >= 0.3 is 6.03 Å². The largest absolute Gasteiger partial charge is 1.00 e. The van der Waals surface area contributed by atoms with Gasteiger partial charge in [-0.05, 0) is 42.9 Å². The van der Waals surface area contributed by atoms with Crippen LogP contribution < -0.4 is 48.8 Å². The molecule has 3 rings (SSSR count). The summed E-state index contributed by atoms with van der Waals surface area (Å²) in [6, 6.07) is 8.86. The maximum absolute atomic E-state index is 12.3. The van der Waals surface area contributed by atoms with Crippen LogP contribution in [-0.4, -0.2) is 65.1 Å². The van der Waals surface area contributed by atoms with Gasteiger partial charge in [-0.1, -0.05) is 29.3 Å². The Morgan fingerprint density at radius 1 is 1.03 bits per heavy atom. The zero-order valence-corrected chi connectivity index (χ0v) is 24.3. The smallest absolute Gasteiger partial charge is 0.319 e. The Bertz CT molecular complexity index is 991. The maximum atomic E-state index is 12.3. The van der Waals surface area contributed by atoms with Gasteiger partial charge in [-0.25, -0.2) is 4.79 Å². The van der Waals surface area contributed by atoms with E-state index < -0.39 is 6.03 Å². The van der Waals surface area contributed by atoms with Gasteiger partial charge in [0, 0.05) is 12.1 Å². The number of amides is 2. The number of quaternary nitrogens is 1. The van der Waals surface area contributed by atoms with E-state index in [-0.39, 0.29) is 24.0 Å². The Balaban J connectivity index is 0.00000432. The van der Waals surface area contributed by atoms with Crippen molar-refractivity contribution in [2.75, 3.05) is 59.5 Å². The van der Waals surface area contributed by atoms with Crippen LogP contribution in [0.2, 0.25) is 10.0 Å². The summed E-state index contributed by atoms with van der Waals surface area (Å²) >= 11 is 12.2. The third-order valence-corrected chi connectivity index (χ3v) is 7.49. The lowest BCUT2D eigenvalue weighted by Gasteiger charge is -2.41. The molecule has 0 aromatic heterocycles. The number of rotatable bonds is 9. The molecule has 0 saturated carbocycles. The number of nitrogens with zero attached hydrogens (tertiary/aromatic N) is 2. The fourth-order valence-electron chi connectivity index (χ4n) is 4.60. The van der Waals surface area contributed by atoms with Crippen LogP contribution >= 0.6 is 23.2 Å². The summed E-state index contributed by atoms with van der Waals surface area (Å²) in [6.45, 7) is 3.35. The van der Waals surface area contributed by atoms with Crippen LogP contribution in [-0.2, 0) is 6.42 Å². The Hall–Kier alpha value is -1.62. The van der Waals surface area contributed by atoms with Gasteiger partial charge in [0.05, 0.1) is 70.3 Å². The minimum atomic E-state index is -0.518. The molecule has 10 heteroatoms. The number of primary amides is 1. The number of ether oxygens (including phenoxy) is 3. The van der Waals surface area contributed by atoms with Gasteiger partial charge < -0.3 is 48.4 Å². The summed E-state index contributed by atoms with van der Waals surface area (Å²) in [5.74, 6) is 2.03. The molecule has 2 N–H and O–H groups in total. The second-order valence-electron chi connectivity index (χ2n) is 9.06. The van der Waals surface area contributed by atoms with Gasteiger partial charge in [0.1, 0.15) is 0 Å². The van der Waals surface area contributed by atoms with Gasteiger partial charge in [0.15, 0.2) is 11.5 Å². The van der Waals surface area contributed by atoms with E-state index in [2.05, 4.69) is 13.1 Å². The third kappa shape index (κ3) is 7.44. The number of carbonyl (C=O) groups is 1. The summed E-state index contributed by atoms with van der Waals surface area (Å²) in [7, 11) is 6.87. The van der Waals surface area contributed by atoms with Crippen molar-refractivity contribution in [3.05, 3.63) is 45.9 Å². The molecule has 1 heterocycles. The van der Waals surface area contributed by atoms with Gasteiger partial charge in [-0.15, -0.1) is 0 Å². The quantitative estimate of drug-likeness (QED) is 0.337. The number of anilines is 1. The fraction of sp³-hybridized carbons (Fsp3) is 0.480. The lowest BCUT2D eigenvalue weighted by atomic mass is 9.89. The number of halogens is 3. The van der Waals surface area contributed by atoms with Crippen molar-refractivity contribution in [1.29, 1.82) is 0 Å². The molecule has 35 heavy (non-hydrogen) atoms. The van der Waals surface area contributed by atoms with Crippen LogP contribution in [0.25, 0.3) is 0 Å². The first-order chi connectivity index (χ1) is 16.2. The van der Waals surface area contributed by atoms with Crippen LogP contribution in [0.4, 0.5) is 10.5 Å². The molecule has 2 amide bonds. The lowest BCUT2D eigenvalue weighted by Crippen LogP contribution is -3.00. The Kier molecular flexibility index (Phi) is 11.1. The maximum Gasteiger partial charge on any atom is 0.319 e.